The molecule has 0 saturated carbocycles. The summed E-state index contributed by atoms with van der Waals surface area (Å²) in [7, 11) is 0. The molecule has 1 rings (SSSR count). The fraction of sp³-hybridized carbons (Fsp3) is 0.941. The fourth-order valence-electron chi connectivity index (χ4n) is 2.82. The van der Waals surface area contributed by atoms with Crippen LogP contribution in [-0.2, 0) is 0 Å². The van der Waals surface area contributed by atoms with Crippen LogP contribution in [0.5, 0.6) is 0 Å². The molecule has 1 fully saturated rings. The van der Waals surface area contributed by atoms with Gasteiger partial charge in [-0.25, -0.2) is 0 Å². The summed E-state index contributed by atoms with van der Waals surface area (Å²) in [6.07, 6.45) is 6.17. The van der Waals surface area contributed by atoms with Gasteiger partial charge in [-0.05, 0) is 51.5 Å². The number of nitrogens with zero attached hydrogens (tertiary/aromatic N) is 2. The Kier molecular flexibility index (Phi) is 9.48. The molecule has 0 spiro atoms. The highest BCUT2D eigenvalue weighted by Crippen LogP contribution is 2.10. The van der Waals surface area contributed by atoms with Crippen LogP contribution in [0, 0.1) is 5.92 Å². The van der Waals surface area contributed by atoms with Crippen LogP contribution in [0.3, 0.4) is 0 Å². The van der Waals surface area contributed by atoms with Crippen molar-refractivity contribution in [1.29, 1.82) is 0 Å². The van der Waals surface area contributed by atoms with Gasteiger partial charge in [-0.3, -0.25) is 4.99 Å². The molecule has 1 aliphatic heterocycles. The van der Waals surface area contributed by atoms with Gasteiger partial charge in [-0.1, -0.05) is 20.8 Å². The smallest absolute Gasteiger partial charge is 0.191 e. The maximum atomic E-state index is 4.72. The highest BCUT2D eigenvalue weighted by atomic mass is 15.2. The number of hydrogen-bond donors (Lipinski definition) is 2. The van der Waals surface area contributed by atoms with Crippen molar-refractivity contribution in [2.24, 2.45) is 10.9 Å². The van der Waals surface area contributed by atoms with E-state index >= 15 is 0 Å². The largest absolute Gasteiger partial charge is 0.357 e. The molecular formula is C17H36N4. The zero-order valence-corrected chi connectivity index (χ0v) is 14.6. The molecule has 124 valence electrons. The number of piperidine rings is 1. The molecule has 0 unspecified atom stereocenters. The summed E-state index contributed by atoms with van der Waals surface area (Å²) in [6, 6.07) is 0.584. The molecule has 1 aliphatic rings. The van der Waals surface area contributed by atoms with Crippen molar-refractivity contribution in [3.05, 3.63) is 0 Å². The molecule has 0 aromatic rings. The molecule has 1 heterocycles. The summed E-state index contributed by atoms with van der Waals surface area (Å²) >= 11 is 0. The fourth-order valence-corrected chi connectivity index (χ4v) is 2.82. The van der Waals surface area contributed by atoms with Gasteiger partial charge in [-0.15, -0.1) is 0 Å². The summed E-state index contributed by atoms with van der Waals surface area (Å²) in [6.45, 7) is 14.5. The predicted molar refractivity (Wildman–Crippen MR) is 92.9 cm³/mol. The van der Waals surface area contributed by atoms with Crippen molar-refractivity contribution < 1.29 is 0 Å². The van der Waals surface area contributed by atoms with E-state index in [4.69, 9.17) is 4.99 Å². The van der Waals surface area contributed by atoms with E-state index in [9.17, 15) is 0 Å². The van der Waals surface area contributed by atoms with E-state index in [0.29, 0.717) is 6.04 Å². The number of nitrogens with one attached hydrogen (secondary N) is 2. The van der Waals surface area contributed by atoms with Crippen molar-refractivity contribution >= 4 is 5.96 Å². The van der Waals surface area contributed by atoms with Crippen LogP contribution in [0.15, 0.2) is 4.99 Å². The third-order valence-electron chi connectivity index (χ3n) is 4.02. The maximum Gasteiger partial charge on any atom is 0.191 e. The van der Waals surface area contributed by atoms with E-state index in [1.165, 1.54) is 51.7 Å². The highest BCUT2D eigenvalue weighted by molar-refractivity contribution is 5.80. The van der Waals surface area contributed by atoms with Crippen LogP contribution in [0.2, 0.25) is 0 Å². The molecule has 0 radical (unpaired) electrons. The van der Waals surface area contributed by atoms with E-state index in [1.54, 1.807) is 0 Å². The molecule has 0 atom stereocenters. The van der Waals surface area contributed by atoms with Gasteiger partial charge in [0.25, 0.3) is 0 Å². The molecule has 21 heavy (non-hydrogen) atoms. The van der Waals surface area contributed by atoms with Gasteiger partial charge in [0.15, 0.2) is 5.96 Å². The van der Waals surface area contributed by atoms with E-state index in [2.05, 4.69) is 43.2 Å². The van der Waals surface area contributed by atoms with Gasteiger partial charge in [0.2, 0.25) is 0 Å². The Morgan fingerprint density at radius 3 is 2.52 bits per heavy atom. The topological polar surface area (TPSA) is 39.7 Å². The van der Waals surface area contributed by atoms with E-state index in [1.807, 2.05) is 0 Å². The Morgan fingerprint density at radius 1 is 1.24 bits per heavy atom. The molecule has 1 saturated heterocycles. The standard InChI is InChI=1S/C17H36N4/c1-5-12-21-13-9-16(10-14-21)20-17(18-6-2)19-11-7-8-15(3)4/h15-16H,5-14H2,1-4H3,(H2,18,19,20). The van der Waals surface area contributed by atoms with Crippen molar-refractivity contribution in [2.45, 2.75) is 65.8 Å². The lowest BCUT2D eigenvalue weighted by molar-refractivity contribution is 0.206. The number of guanidine groups is 1. The minimum absolute atomic E-state index is 0.584. The van der Waals surface area contributed by atoms with Crippen LogP contribution in [-0.4, -0.2) is 49.6 Å². The number of hydrogen-bond acceptors (Lipinski definition) is 2. The lowest BCUT2D eigenvalue weighted by Gasteiger charge is -2.32. The van der Waals surface area contributed by atoms with E-state index in [0.717, 1.165) is 25.0 Å². The second kappa shape index (κ2) is 10.9. The molecule has 0 aromatic heterocycles. The highest BCUT2D eigenvalue weighted by Gasteiger charge is 2.19. The van der Waals surface area contributed by atoms with Gasteiger partial charge in [-0.2, -0.15) is 0 Å². The third kappa shape index (κ3) is 8.30. The van der Waals surface area contributed by atoms with Crippen LogP contribution >= 0.6 is 0 Å². The Balaban J connectivity index is 2.31. The van der Waals surface area contributed by atoms with Crippen LogP contribution < -0.4 is 10.6 Å². The first-order chi connectivity index (χ1) is 10.2. The third-order valence-corrected chi connectivity index (χ3v) is 4.02. The second-order valence-corrected chi connectivity index (χ2v) is 6.56. The normalized spacial score (nSPS) is 18.2. The maximum absolute atomic E-state index is 4.72. The van der Waals surface area contributed by atoms with Crippen molar-refractivity contribution in [1.82, 2.24) is 15.5 Å². The number of rotatable bonds is 8. The molecule has 4 heteroatoms. The van der Waals surface area contributed by atoms with E-state index in [-0.39, 0.29) is 0 Å². The van der Waals surface area contributed by atoms with Crippen molar-refractivity contribution in [3.63, 3.8) is 0 Å². The average molecular weight is 297 g/mol. The first-order valence-corrected chi connectivity index (χ1v) is 8.92. The summed E-state index contributed by atoms with van der Waals surface area (Å²) in [4.78, 5) is 7.29. The SMILES string of the molecule is CCCN1CCC(NC(=NCCCC(C)C)NCC)CC1. The second-order valence-electron chi connectivity index (χ2n) is 6.56. The Hall–Kier alpha value is -0.770. The Bertz CT molecular complexity index is 281. The average Bonchev–Trinajstić information content (AvgIpc) is 2.46. The molecule has 0 aliphatic carbocycles. The van der Waals surface area contributed by atoms with Gasteiger partial charge in [0.05, 0.1) is 0 Å². The Labute approximate surface area is 131 Å². The van der Waals surface area contributed by atoms with Crippen molar-refractivity contribution in [3.8, 4) is 0 Å². The Morgan fingerprint density at radius 2 is 1.95 bits per heavy atom. The van der Waals surface area contributed by atoms with Crippen LogP contribution in [0.1, 0.15) is 59.8 Å². The van der Waals surface area contributed by atoms with Gasteiger partial charge in [0.1, 0.15) is 0 Å². The summed E-state index contributed by atoms with van der Waals surface area (Å²) in [5.41, 5.74) is 0. The first kappa shape index (κ1) is 18.3. The predicted octanol–water partition coefficient (Wildman–Crippen LogP) is 2.85. The van der Waals surface area contributed by atoms with Gasteiger partial charge in [0, 0.05) is 32.2 Å². The lowest BCUT2D eigenvalue weighted by atomic mass is 10.1. The minimum atomic E-state index is 0.584. The summed E-state index contributed by atoms with van der Waals surface area (Å²) in [5.74, 6) is 1.79. The monoisotopic (exact) mass is 296 g/mol. The van der Waals surface area contributed by atoms with Gasteiger partial charge < -0.3 is 15.5 Å². The lowest BCUT2D eigenvalue weighted by Crippen LogP contribution is -2.48. The molecule has 4 nitrogen and oxygen atoms in total. The molecule has 0 bridgehead atoms. The van der Waals surface area contributed by atoms with Gasteiger partial charge >= 0.3 is 0 Å². The van der Waals surface area contributed by atoms with Crippen molar-refractivity contribution in [2.75, 3.05) is 32.7 Å². The molecule has 2 N–H and O–H groups in total. The number of likely N-dealkylation sites (tertiary alicyclic amines) is 1. The first-order valence-electron chi connectivity index (χ1n) is 8.92. The summed E-state index contributed by atoms with van der Waals surface area (Å²) < 4.78 is 0. The zero-order valence-electron chi connectivity index (χ0n) is 14.6. The molecule has 0 aromatic carbocycles. The van der Waals surface area contributed by atoms with E-state index < -0.39 is 0 Å². The number of aliphatic imine (C=N–C) groups is 1. The summed E-state index contributed by atoms with van der Waals surface area (Å²) in [5, 5.41) is 7.00. The van der Waals surface area contributed by atoms with Crippen LogP contribution in [0.25, 0.3) is 0 Å². The van der Waals surface area contributed by atoms with Crippen LogP contribution in [0.4, 0.5) is 0 Å². The quantitative estimate of drug-likeness (QED) is 0.411. The zero-order chi connectivity index (χ0) is 15.5. The molecular weight excluding hydrogens is 260 g/mol. The minimum Gasteiger partial charge on any atom is -0.357 e. The molecule has 0 amide bonds.